The predicted octanol–water partition coefficient (Wildman–Crippen LogP) is 3.15. The molecule has 32 heavy (non-hydrogen) atoms. The first kappa shape index (κ1) is 22.7. The molecule has 1 amide bonds. The molecule has 2 bridgehead atoms. The molecule has 2 unspecified atom stereocenters. The van der Waals surface area contributed by atoms with E-state index in [9.17, 15) is 13.2 Å². The Bertz CT molecular complexity index is 1150. The van der Waals surface area contributed by atoms with Crippen molar-refractivity contribution < 1.29 is 13.2 Å². The number of hydrogen-bond donors (Lipinski definition) is 0. The van der Waals surface area contributed by atoms with Gasteiger partial charge in [-0.2, -0.15) is 5.26 Å². The Morgan fingerprint density at radius 3 is 2.69 bits per heavy atom. The fourth-order valence-electron chi connectivity index (χ4n) is 4.72. The van der Waals surface area contributed by atoms with E-state index in [-0.39, 0.29) is 35.9 Å². The number of rotatable bonds is 6. The molecular weight excluding hydrogens is 492 g/mol. The van der Waals surface area contributed by atoms with E-state index in [1.54, 1.807) is 24.4 Å². The average Bonchev–Trinajstić information content (AvgIpc) is 2.97. The smallest absolute Gasteiger partial charge is 0.223 e. The summed E-state index contributed by atoms with van der Waals surface area (Å²) in [6.07, 6.45) is 2.53. The lowest BCUT2D eigenvalue weighted by Gasteiger charge is -2.42. The van der Waals surface area contributed by atoms with Crippen molar-refractivity contribution in [2.24, 2.45) is 5.92 Å². The summed E-state index contributed by atoms with van der Waals surface area (Å²) in [6.45, 7) is 3.30. The maximum Gasteiger partial charge on any atom is 0.223 e. The van der Waals surface area contributed by atoms with Crippen molar-refractivity contribution in [3.8, 4) is 6.07 Å². The summed E-state index contributed by atoms with van der Waals surface area (Å²) in [5, 5.41) is 9.00. The molecule has 2 saturated heterocycles. The number of likely N-dealkylation sites (tertiary alicyclic amines) is 1. The summed E-state index contributed by atoms with van der Waals surface area (Å²) < 4.78 is 25.9. The Kier molecular flexibility index (Phi) is 6.54. The second kappa shape index (κ2) is 9.20. The molecule has 1 aromatic carbocycles. The van der Waals surface area contributed by atoms with Gasteiger partial charge in [0.25, 0.3) is 0 Å². The zero-order valence-electron chi connectivity index (χ0n) is 17.8. The molecule has 2 aliphatic rings. The standard InChI is InChI=1S/C23H25BrN4O3S/c1-16-10-19-13-27(14-21(16)28(19)22-7-6-17(11-25)12-26-22)23(29)8-9-32(30,31)15-18-4-2-3-5-20(18)24/h2-7,12,16,19,21H,8-10,13-15H2,1H3/t16-,19?,21?/m0/s1. The van der Waals surface area contributed by atoms with Gasteiger partial charge in [-0.1, -0.05) is 41.1 Å². The van der Waals surface area contributed by atoms with E-state index in [1.165, 1.54) is 0 Å². The third-order valence-electron chi connectivity index (χ3n) is 6.34. The second-order valence-electron chi connectivity index (χ2n) is 8.59. The van der Waals surface area contributed by atoms with Crippen LogP contribution in [0.2, 0.25) is 0 Å². The summed E-state index contributed by atoms with van der Waals surface area (Å²) in [5.74, 6) is 0.871. The number of sulfone groups is 1. The lowest BCUT2D eigenvalue weighted by Crippen LogP contribution is -2.56. The number of fused-ring (bicyclic) bond motifs is 2. The van der Waals surface area contributed by atoms with Crippen molar-refractivity contribution in [3.05, 3.63) is 58.2 Å². The third kappa shape index (κ3) is 4.81. The van der Waals surface area contributed by atoms with Crippen LogP contribution in [0.1, 0.15) is 30.9 Å². The molecule has 9 heteroatoms. The van der Waals surface area contributed by atoms with E-state index in [2.05, 4.69) is 38.8 Å². The molecule has 2 aromatic rings. The van der Waals surface area contributed by atoms with Crippen LogP contribution >= 0.6 is 15.9 Å². The maximum absolute atomic E-state index is 12.9. The van der Waals surface area contributed by atoms with Gasteiger partial charge in [-0.15, -0.1) is 0 Å². The normalized spacial score (nSPS) is 22.6. The molecule has 1 aromatic heterocycles. The zero-order valence-corrected chi connectivity index (χ0v) is 20.2. The van der Waals surface area contributed by atoms with Gasteiger partial charge in [-0.25, -0.2) is 13.4 Å². The zero-order chi connectivity index (χ0) is 22.9. The van der Waals surface area contributed by atoms with E-state index >= 15 is 0 Å². The van der Waals surface area contributed by atoms with Gasteiger partial charge in [0.2, 0.25) is 5.91 Å². The number of aromatic nitrogens is 1. The Morgan fingerprint density at radius 1 is 1.25 bits per heavy atom. The number of nitrogens with zero attached hydrogens (tertiary/aromatic N) is 4. The highest BCUT2D eigenvalue weighted by atomic mass is 79.9. The van der Waals surface area contributed by atoms with Crippen molar-refractivity contribution in [2.45, 2.75) is 37.6 Å². The number of pyridine rings is 1. The van der Waals surface area contributed by atoms with E-state index < -0.39 is 9.84 Å². The number of anilines is 1. The van der Waals surface area contributed by atoms with Gasteiger partial charge in [0.1, 0.15) is 11.9 Å². The Morgan fingerprint density at radius 2 is 2.03 bits per heavy atom. The summed E-state index contributed by atoms with van der Waals surface area (Å²) >= 11 is 3.38. The Hall–Kier alpha value is -2.44. The molecule has 7 nitrogen and oxygen atoms in total. The molecule has 0 aliphatic carbocycles. The van der Waals surface area contributed by atoms with Crippen molar-refractivity contribution in [1.29, 1.82) is 5.26 Å². The quantitative estimate of drug-likeness (QED) is 0.585. The number of nitriles is 1. The average molecular weight is 517 g/mol. The van der Waals surface area contributed by atoms with Gasteiger partial charge in [-0.05, 0) is 36.1 Å². The van der Waals surface area contributed by atoms with Crippen LogP contribution in [-0.4, -0.2) is 55.1 Å². The van der Waals surface area contributed by atoms with Crippen molar-refractivity contribution in [1.82, 2.24) is 9.88 Å². The highest BCUT2D eigenvalue weighted by Crippen LogP contribution is 2.37. The lowest BCUT2D eigenvalue weighted by atomic mass is 10.0. The predicted molar refractivity (Wildman–Crippen MR) is 126 cm³/mol. The fourth-order valence-corrected chi connectivity index (χ4v) is 6.69. The Labute approximate surface area is 197 Å². The van der Waals surface area contributed by atoms with Crippen molar-refractivity contribution in [3.63, 3.8) is 0 Å². The van der Waals surface area contributed by atoms with Gasteiger partial charge in [0, 0.05) is 36.2 Å². The van der Waals surface area contributed by atoms with Crippen LogP contribution in [-0.2, 0) is 20.4 Å². The molecule has 4 rings (SSSR count). The number of carbonyl (C=O) groups is 1. The molecule has 3 heterocycles. The molecule has 2 aliphatic heterocycles. The second-order valence-corrected chi connectivity index (χ2v) is 11.6. The highest BCUT2D eigenvalue weighted by molar-refractivity contribution is 9.10. The lowest BCUT2D eigenvalue weighted by molar-refractivity contribution is -0.131. The van der Waals surface area contributed by atoms with Gasteiger partial charge < -0.3 is 9.80 Å². The van der Waals surface area contributed by atoms with Gasteiger partial charge in [0.05, 0.1) is 23.1 Å². The molecule has 168 valence electrons. The van der Waals surface area contributed by atoms with Gasteiger partial charge in [0.15, 0.2) is 9.84 Å². The molecule has 3 atom stereocenters. The number of carbonyl (C=O) groups excluding carboxylic acids is 1. The van der Waals surface area contributed by atoms with E-state index in [0.717, 1.165) is 16.7 Å². The monoisotopic (exact) mass is 516 g/mol. The van der Waals surface area contributed by atoms with Gasteiger partial charge in [-0.3, -0.25) is 4.79 Å². The topological polar surface area (TPSA) is 94.4 Å². The summed E-state index contributed by atoms with van der Waals surface area (Å²) in [6, 6.07) is 13.2. The number of benzene rings is 1. The number of halogens is 1. The number of piperazine rings is 1. The van der Waals surface area contributed by atoms with E-state index in [0.29, 0.717) is 30.1 Å². The molecule has 0 radical (unpaired) electrons. The first-order valence-electron chi connectivity index (χ1n) is 10.6. The van der Waals surface area contributed by atoms with Crippen LogP contribution in [0.25, 0.3) is 0 Å². The molecular formula is C23H25BrN4O3S. The van der Waals surface area contributed by atoms with Crippen LogP contribution in [0.15, 0.2) is 47.1 Å². The molecule has 0 spiro atoms. The molecule has 0 saturated carbocycles. The molecule has 2 fully saturated rings. The minimum absolute atomic E-state index is 0.00424. The van der Waals surface area contributed by atoms with E-state index in [1.807, 2.05) is 23.1 Å². The van der Waals surface area contributed by atoms with Crippen LogP contribution < -0.4 is 4.90 Å². The van der Waals surface area contributed by atoms with Crippen molar-refractivity contribution in [2.75, 3.05) is 23.7 Å². The van der Waals surface area contributed by atoms with Crippen LogP contribution in [0.5, 0.6) is 0 Å². The largest absolute Gasteiger partial charge is 0.347 e. The minimum Gasteiger partial charge on any atom is -0.347 e. The fraction of sp³-hybridized carbons (Fsp3) is 0.435. The first-order chi connectivity index (χ1) is 15.3. The van der Waals surface area contributed by atoms with E-state index in [4.69, 9.17) is 5.26 Å². The van der Waals surface area contributed by atoms with Crippen LogP contribution in [0.4, 0.5) is 5.82 Å². The van der Waals surface area contributed by atoms with Crippen molar-refractivity contribution >= 4 is 37.5 Å². The summed E-state index contributed by atoms with van der Waals surface area (Å²) in [4.78, 5) is 21.4. The Balaban J connectivity index is 1.39. The summed E-state index contributed by atoms with van der Waals surface area (Å²) in [7, 11) is -3.40. The molecule has 0 N–H and O–H groups in total. The maximum atomic E-state index is 12.9. The summed E-state index contributed by atoms with van der Waals surface area (Å²) in [5.41, 5.74) is 1.22. The number of amides is 1. The SMILES string of the molecule is C[C@H]1CC2CN(C(=O)CCS(=O)(=O)Cc3ccccc3Br)CC1N2c1ccc(C#N)cn1. The first-order valence-corrected chi connectivity index (χ1v) is 13.2. The van der Waals surface area contributed by atoms with Crippen LogP contribution in [0, 0.1) is 17.2 Å². The minimum atomic E-state index is -3.40. The number of hydrogen-bond acceptors (Lipinski definition) is 6. The van der Waals surface area contributed by atoms with Crippen LogP contribution in [0.3, 0.4) is 0 Å². The highest BCUT2D eigenvalue weighted by Gasteiger charge is 2.45. The third-order valence-corrected chi connectivity index (χ3v) is 8.69. The van der Waals surface area contributed by atoms with Gasteiger partial charge >= 0.3 is 0 Å².